The van der Waals surface area contributed by atoms with Gasteiger partial charge in [0.05, 0.1) is 6.20 Å². The molecule has 0 saturated carbocycles. The lowest BCUT2D eigenvalue weighted by molar-refractivity contribution is -0.111. The van der Waals surface area contributed by atoms with Crippen LogP contribution in [-0.4, -0.2) is 31.1 Å². The molecular weight excluding hydrogens is 418 g/mol. The highest BCUT2D eigenvalue weighted by atomic mass is 19.1. The number of aromatic nitrogens is 5. The Morgan fingerprint density at radius 2 is 2.00 bits per heavy atom. The number of nitrogens with zero attached hydrogens (tertiary/aromatic N) is 5. The monoisotopic (exact) mass is 434 g/mol. The first-order valence-electron chi connectivity index (χ1n) is 9.41. The van der Waals surface area contributed by atoms with Crippen LogP contribution in [0, 0.1) is 18.6 Å². The molecule has 10 heteroatoms. The molecule has 4 rings (SSSR count). The van der Waals surface area contributed by atoms with Crippen molar-refractivity contribution in [2.24, 2.45) is 0 Å². The summed E-state index contributed by atoms with van der Waals surface area (Å²) in [6.07, 6.45) is 5.74. The molecule has 0 bridgehead atoms. The highest BCUT2D eigenvalue weighted by Gasteiger charge is 2.11. The van der Waals surface area contributed by atoms with Gasteiger partial charge in [0, 0.05) is 18.0 Å². The number of hydrogen-bond acceptors (Lipinski definition) is 6. The Balaban J connectivity index is 1.44. The maximum Gasteiger partial charge on any atom is 0.248 e. The van der Waals surface area contributed by atoms with E-state index in [1.165, 1.54) is 53.4 Å². The van der Waals surface area contributed by atoms with Crippen LogP contribution in [0.3, 0.4) is 0 Å². The fourth-order valence-electron chi connectivity index (χ4n) is 2.80. The third kappa shape index (κ3) is 4.81. The standard InChI is InChI=1S/C22H16F2N6O2/c1-14-27-28-29-30(14)20-12-16(6-7-18(20)23)26-22(31)9-5-15-4-8-21(19(24)11-15)32-17-3-2-10-25-13-17/h2-13H,1H3,(H,26,31)/b9-5+. The number of carbonyl (C=O) groups is 1. The zero-order valence-electron chi connectivity index (χ0n) is 16.7. The highest BCUT2D eigenvalue weighted by Crippen LogP contribution is 2.25. The zero-order chi connectivity index (χ0) is 22.5. The van der Waals surface area contributed by atoms with Gasteiger partial charge in [-0.25, -0.2) is 8.78 Å². The van der Waals surface area contributed by atoms with Crippen LogP contribution in [0.25, 0.3) is 11.8 Å². The van der Waals surface area contributed by atoms with E-state index in [2.05, 4.69) is 25.8 Å². The molecule has 0 unspecified atom stereocenters. The van der Waals surface area contributed by atoms with E-state index >= 15 is 0 Å². The van der Waals surface area contributed by atoms with Gasteiger partial charge in [-0.1, -0.05) is 6.07 Å². The number of hydrogen-bond donors (Lipinski definition) is 1. The van der Waals surface area contributed by atoms with E-state index in [9.17, 15) is 13.6 Å². The van der Waals surface area contributed by atoms with Gasteiger partial charge in [0.2, 0.25) is 5.91 Å². The molecule has 160 valence electrons. The molecule has 32 heavy (non-hydrogen) atoms. The smallest absolute Gasteiger partial charge is 0.248 e. The predicted octanol–water partition coefficient (Wildman–Crippen LogP) is 4.09. The SMILES string of the molecule is Cc1nnnn1-c1cc(NC(=O)/C=C/c2ccc(Oc3cccnc3)c(F)c2)ccc1F. The van der Waals surface area contributed by atoms with Crippen LogP contribution in [0.15, 0.2) is 67.0 Å². The minimum absolute atomic E-state index is 0.0383. The lowest BCUT2D eigenvalue weighted by Crippen LogP contribution is -2.09. The Bertz CT molecular complexity index is 1290. The summed E-state index contributed by atoms with van der Waals surface area (Å²) in [7, 11) is 0. The average Bonchev–Trinajstić information content (AvgIpc) is 3.21. The molecule has 0 aliphatic carbocycles. The van der Waals surface area contributed by atoms with Gasteiger partial charge in [-0.3, -0.25) is 9.78 Å². The minimum Gasteiger partial charge on any atom is -0.453 e. The van der Waals surface area contributed by atoms with Crippen molar-refractivity contribution in [3.8, 4) is 17.2 Å². The number of nitrogens with one attached hydrogen (secondary N) is 1. The normalized spacial score (nSPS) is 11.0. The Labute approximate surface area is 181 Å². The lowest BCUT2D eigenvalue weighted by Gasteiger charge is -2.08. The fourth-order valence-corrected chi connectivity index (χ4v) is 2.80. The third-order valence-corrected chi connectivity index (χ3v) is 4.31. The maximum atomic E-state index is 14.3. The van der Waals surface area contributed by atoms with Gasteiger partial charge in [0.25, 0.3) is 0 Å². The first-order chi connectivity index (χ1) is 15.5. The molecule has 1 amide bonds. The quantitative estimate of drug-likeness (QED) is 0.460. The van der Waals surface area contributed by atoms with Crippen LogP contribution in [0.1, 0.15) is 11.4 Å². The number of rotatable bonds is 6. The number of tetrazole rings is 1. The highest BCUT2D eigenvalue weighted by molar-refractivity contribution is 6.02. The van der Waals surface area contributed by atoms with Crippen molar-refractivity contribution < 1.29 is 18.3 Å². The topological polar surface area (TPSA) is 94.8 Å². The van der Waals surface area contributed by atoms with Crippen LogP contribution in [0.5, 0.6) is 11.5 Å². The minimum atomic E-state index is -0.587. The predicted molar refractivity (Wildman–Crippen MR) is 112 cm³/mol. The van der Waals surface area contributed by atoms with Crippen molar-refractivity contribution in [3.05, 3.63) is 90.0 Å². The van der Waals surface area contributed by atoms with Gasteiger partial charge in [-0.2, -0.15) is 4.68 Å². The van der Waals surface area contributed by atoms with Crippen LogP contribution >= 0.6 is 0 Å². The number of benzene rings is 2. The lowest BCUT2D eigenvalue weighted by atomic mass is 10.2. The second kappa shape index (κ2) is 9.13. The summed E-state index contributed by atoms with van der Waals surface area (Å²) in [6.45, 7) is 1.62. The van der Waals surface area contributed by atoms with Crippen LogP contribution in [0.4, 0.5) is 14.5 Å². The Morgan fingerprint density at radius 1 is 1.12 bits per heavy atom. The molecule has 0 fully saturated rings. The molecule has 0 aliphatic rings. The van der Waals surface area contributed by atoms with E-state index in [0.29, 0.717) is 22.8 Å². The fraction of sp³-hybridized carbons (Fsp3) is 0.0455. The van der Waals surface area contributed by atoms with E-state index in [1.54, 1.807) is 31.3 Å². The number of pyridine rings is 1. The number of halogens is 2. The molecule has 0 spiro atoms. The summed E-state index contributed by atoms with van der Waals surface area (Å²) < 4.78 is 35.1. The Morgan fingerprint density at radius 3 is 2.72 bits per heavy atom. The molecule has 2 heterocycles. The van der Waals surface area contributed by atoms with E-state index in [1.807, 2.05) is 0 Å². The molecule has 1 N–H and O–H groups in total. The Kier molecular flexibility index (Phi) is 5.93. The van der Waals surface area contributed by atoms with Gasteiger partial charge in [-0.05, 0) is 71.5 Å². The van der Waals surface area contributed by atoms with Crippen molar-refractivity contribution in [2.75, 3.05) is 5.32 Å². The van der Waals surface area contributed by atoms with Gasteiger partial charge < -0.3 is 10.1 Å². The number of ether oxygens (including phenoxy) is 1. The molecular formula is C22H16F2N6O2. The number of aryl methyl sites for hydroxylation is 1. The Hall–Kier alpha value is -4.47. The van der Waals surface area contributed by atoms with Gasteiger partial charge >= 0.3 is 0 Å². The summed E-state index contributed by atoms with van der Waals surface area (Å²) in [4.78, 5) is 16.2. The summed E-state index contributed by atoms with van der Waals surface area (Å²) in [6, 6.07) is 11.7. The number of amides is 1. The van der Waals surface area contributed by atoms with Crippen LogP contribution in [-0.2, 0) is 4.79 Å². The number of carbonyl (C=O) groups excluding carboxylic acids is 1. The summed E-state index contributed by atoms with van der Waals surface area (Å²) in [5.74, 6) is -0.771. The molecule has 0 aliphatic heterocycles. The van der Waals surface area contributed by atoms with Crippen molar-refractivity contribution in [3.63, 3.8) is 0 Å². The zero-order valence-corrected chi connectivity index (χ0v) is 16.7. The second-order valence-electron chi connectivity index (χ2n) is 6.61. The molecule has 4 aromatic rings. The van der Waals surface area contributed by atoms with Crippen molar-refractivity contribution >= 4 is 17.7 Å². The van der Waals surface area contributed by atoms with Crippen LogP contribution in [0.2, 0.25) is 0 Å². The second-order valence-corrected chi connectivity index (χ2v) is 6.61. The van der Waals surface area contributed by atoms with Gasteiger partial charge in [0.15, 0.2) is 17.4 Å². The third-order valence-electron chi connectivity index (χ3n) is 4.31. The molecule has 2 aromatic heterocycles. The largest absolute Gasteiger partial charge is 0.453 e. The first-order valence-corrected chi connectivity index (χ1v) is 9.41. The average molecular weight is 434 g/mol. The van der Waals surface area contributed by atoms with E-state index < -0.39 is 17.5 Å². The summed E-state index contributed by atoms with van der Waals surface area (Å²) in [5, 5.41) is 13.5. The van der Waals surface area contributed by atoms with Crippen molar-refractivity contribution in [1.29, 1.82) is 0 Å². The van der Waals surface area contributed by atoms with Crippen LogP contribution < -0.4 is 10.1 Å². The molecule has 0 radical (unpaired) electrons. The summed E-state index contributed by atoms with van der Waals surface area (Å²) >= 11 is 0. The molecule has 0 atom stereocenters. The maximum absolute atomic E-state index is 14.3. The van der Waals surface area contributed by atoms with Gasteiger partial charge in [0.1, 0.15) is 17.3 Å². The summed E-state index contributed by atoms with van der Waals surface area (Å²) in [5.41, 5.74) is 0.901. The van der Waals surface area contributed by atoms with E-state index in [4.69, 9.17) is 4.74 Å². The first kappa shape index (κ1) is 20.8. The van der Waals surface area contributed by atoms with Crippen molar-refractivity contribution in [2.45, 2.75) is 6.92 Å². The van der Waals surface area contributed by atoms with E-state index in [0.717, 1.165) is 0 Å². The molecule has 8 nitrogen and oxygen atoms in total. The number of anilines is 1. The van der Waals surface area contributed by atoms with Gasteiger partial charge in [-0.15, -0.1) is 5.10 Å². The van der Waals surface area contributed by atoms with Crippen molar-refractivity contribution in [1.82, 2.24) is 25.2 Å². The molecule has 0 saturated heterocycles. The molecule has 2 aromatic carbocycles. The van der Waals surface area contributed by atoms with E-state index in [-0.39, 0.29) is 11.4 Å².